The average molecular weight is 345 g/mol. The second-order valence-electron chi connectivity index (χ2n) is 7.18. The van der Waals surface area contributed by atoms with E-state index in [4.69, 9.17) is 0 Å². The van der Waals surface area contributed by atoms with Crippen molar-refractivity contribution < 1.29 is 5.11 Å². The van der Waals surface area contributed by atoms with Gasteiger partial charge in [-0.3, -0.25) is 0 Å². The summed E-state index contributed by atoms with van der Waals surface area (Å²) in [6, 6.07) is 4.31. The molecule has 108 valence electrons. The number of hydrogen-bond donors (Lipinski definition) is 1. The van der Waals surface area contributed by atoms with E-state index in [0.29, 0.717) is 12.0 Å². The van der Waals surface area contributed by atoms with Crippen LogP contribution in [0.15, 0.2) is 15.9 Å². The van der Waals surface area contributed by atoms with Gasteiger partial charge in [0.2, 0.25) is 0 Å². The van der Waals surface area contributed by atoms with Crippen molar-refractivity contribution in [3.05, 3.63) is 20.8 Å². The lowest BCUT2D eigenvalue weighted by atomic mass is 9.63. The number of aliphatic hydroxyl groups is 1. The molecule has 3 heteroatoms. The van der Waals surface area contributed by atoms with Crippen LogP contribution in [0.1, 0.15) is 51.3 Å². The third kappa shape index (κ3) is 3.83. The normalized spacial score (nSPS) is 28.6. The summed E-state index contributed by atoms with van der Waals surface area (Å²) in [6.45, 7) is 7.37. The molecule has 1 saturated carbocycles. The van der Waals surface area contributed by atoms with E-state index in [1.807, 2.05) is 11.3 Å². The molecule has 1 aromatic heterocycles. The first-order valence-electron chi connectivity index (χ1n) is 7.20. The Bertz CT molecular complexity index is 411. The Hall–Kier alpha value is 0.140. The van der Waals surface area contributed by atoms with Crippen molar-refractivity contribution in [1.82, 2.24) is 0 Å². The predicted octanol–water partition coefficient (Wildman–Crippen LogP) is 5.27. The summed E-state index contributed by atoms with van der Waals surface area (Å²) >= 11 is 5.34. The van der Waals surface area contributed by atoms with Crippen LogP contribution in [0, 0.1) is 16.7 Å². The van der Waals surface area contributed by atoms with Gasteiger partial charge in [0.1, 0.15) is 0 Å². The van der Waals surface area contributed by atoms with Gasteiger partial charge in [-0.2, -0.15) is 0 Å². The number of hydrogen-bond acceptors (Lipinski definition) is 2. The molecule has 19 heavy (non-hydrogen) atoms. The lowest BCUT2D eigenvalue weighted by Crippen LogP contribution is -2.36. The fourth-order valence-corrected chi connectivity index (χ4v) is 4.96. The number of halogens is 1. The number of aliphatic hydroxyl groups excluding tert-OH is 1. The van der Waals surface area contributed by atoms with Crippen LogP contribution in [0.25, 0.3) is 0 Å². The Kier molecular flexibility index (Phi) is 4.79. The highest BCUT2D eigenvalue weighted by atomic mass is 79.9. The molecule has 0 saturated heterocycles. The summed E-state index contributed by atoms with van der Waals surface area (Å²) < 4.78 is 1.19. The molecule has 0 aromatic carbocycles. The van der Waals surface area contributed by atoms with Crippen molar-refractivity contribution >= 4 is 27.3 Å². The third-order valence-electron chi connectivity index (χ3n) is 4.78. The van der Waals surface area contributed by atoms with Crippen molar-refractivity contribution in [3.63, 3.8) is 0 Å². The van der Waals surface area contributed by atoms with Gasteiger partial charge in [-0.25, -0.2) is 0 Å². The second-order valence-corrected chi connectivity index (χ2v) is 9.73. The van der Waals surface area contributed by atoms with Crippen LogP contribution in [0.4, 0.5) is 0 Å². The third-order valence-corrected chi connectivity index (χ3v) is 6.41. The minimum atomic E-state index is 0.131. The van der Waals surface area contributed by atoms with Gasteiger partial charge in [-0.15, -0.1) is 11.3 Å². The first-order chi connectivity index (χ1) is 8.85. The zero-order valence-corrected chi connectivity index (χ0v) is 14.6. The van der Waals surface area contributed by atoms with E-state index in [1.54, 1.807) is 0 Å². The molecular formula is C16H25BrOS. The Labute approximate surface area is 129 Å². The van der Waals surface area contributed by atoms with Crippen molar-refractivity contribution in [3.8, 4) is 0 Å². The van der Waals surface area contributed by atoms with Crippen molar-refractivity contribution in [1.29, 1.82) is 0 Å². The van der Waals surface area contributed by atoms with Crippen LogP contribution in [-0.2, 0) is 6.42 Å². The highest BCUT2D eigenvalue weighted by Gasteiger charge is 2.38. The zero-order valence-electron chi connectivity index (χ0n) is 12.2. The van der Waals surface area contributed by atoms with Gasteiger partial charge in [0.05, 0.1) is 3.79 Å². The molecule has 1 aromatic rings. The van der Waals surface area contributed by atoms with E-state index < -0.39 is 0 Å². The van der Waals surface area contributed by atoms with Gasteiger partial charge in [-0.05, 0) is 76.9 Å². The van der Waals surface area contributed by atoms with Gasteiger partial charge < -0.3 is 5.11 Å². The van der Waals surface area contributed by atoms with E-state index in [-0.39, 0.29) is 5.41 Å². The van der Waals surface area contributed by atoms with E-state index in [2.05, 4.69) is 48.8 Å². The van der Waals surface area contributed by atoms with Gasteiger partial charge in [0.15, 0.2) is 0 Å². The first-order valence-corrected chi connectivity index (χ1v) is 8.81. The zero-order chi connectivity index (χ0) is 14.1. The maximum Gasteiger partial charge on any atom is 0.0701 e. The molecule has 1 N–H and O–H groups in total. The van der Waals surface area contributed by atoms with E-state index in [0.717, 1.165) is 12.3 Å². The largest absolute Gasteiger partial charge is 0.396 e. The molecule has 1 aliphatic carbocycles. The molecule has 0 bridgehead atoms. The summed E-state index contributed by atoms with van der Waals surface area (Å²) in [6.07, 6.45) is 5.89. The maximum absolute atomic E-state index is 9.89. The van der Waals surface area contributed by atoms with Gasteiger partial charge >= 0.3 is 0 Å². The summed E-state index contributed by atoms with van der Waals surface area (Å²) in [7, 11) is 0. The quantitative estimate of drug-likeness (QED) is 0.791. The topological polar surface area (TPSA) is 20.2 Å². The SMILES string of the molecule is CC(C)(C)C1CCC(CO)(Cc2ccc(Br)s2)CC1. The van der Waals surface area contributed by atoms with Gasteiger partial charge in [0.25, 0.3) is 0 Å². The standard InChI is InChI=1S/C16H25BrOS/c1-15(2,3)12-6-8-16(11-18,9-7-12)10-13-4-5-14(17)19-13/h4-5,12,18H,6-11H2,1-3H3. The smallest absolute Gasteiger partial charge is 0.0701 e. The number of rotatable bonds is 3. The summed E-state index contributed by atoms with van der Waals surface area (Å²) in [5, 5.41) is 9.89. The number of thiophene rings is 1. The first kappa shape index (κ1) is 15.5. The highest BCUT2D eigenvalue weighted by Crippen LogP contribution is 2.47. The predicted molar refractivity (Wildman–Crippen MR) is 86.7 cm³/mol. The van der Waals surface area contributed by atoms with Crippen LogP contribution in [0.2, 0.25) is 0 Å². The lowest BCUT2D eigenvalue weighted by molar-refractivity contribution is 0.0375. The van der Waals surface area contributed by atoms with Crippen LogP contribution >= 0.6 is 27.3 Å². The minimum Gasteiger partial charge on any atom is -0.396 e. The molecule has 0 radical (unpaired) electrons. The van der Waals surface area contributed by atoms with Crippen molar-refractivity contribution in [2.75, 3.05) is 6.61 Å². The van der Waals surface area contributed by atoms with Gasteiger partial charge in [-0.1, -0.05) is 20.8 Å². The molecule has 1 nitrogen and oxygen atoms in total. The fourth-order valence-electron chi connectivity index (χ4n) is 3.30. The molecule has 0 aliphatic heterocycles. The highest BCUT2D eigenvalue weighted by molar-refractivity contribution is 9.11. The fraction of sp³-hybridized carbons (Fsp3) is 0.750. The van der Waals surface area contributed by atoms with E-state index in [1.165, 1.54) is 34.3 Å². The molecule has 0 unspecified atom stereocenters. The van der Waals surface area contributed by atoms with Gasteiger partial charge in [0, 0.05) is 11.5 Å². The van der Waals surface area contributed by atoms with Crippen LogP contribution in [-0.4, -0.2) is 11.7 Å². The molecule has 1 aliphatic rings. The monoisotopic (exact) mass is 344 g/mol. The Morgan fingerprint density at radius 1 is 1.32 bits per heavy atom. The Balaban J connectivity index is 2.02. The van der Waals surface area contributed by atoms with E-state index >= 15 is 0 Å². The van der Waals surface area contributed by atoms with Crippen LogP contribution in [0.3, 0.4) is 0 Å². The van der Waals surface area contributed by atoms with Crippen LogP contribution < -0.4 is 0 Å². The van der Waals surface area contributed by atoms with Crippen molar-refractivity contribution in [2.45, 2.75) is 52.9 Å². The molecule has 2 rings (SSSR count). The minimum absolute atomic E-state index is 0.131. The van der Waals surface area contributed by atoms with Crippen molar-refractivity contribution in [2.24, 2.45) is 16.7 Å². The summed E-state index contributed by atoms with van der Waals surface area (Å²) in [5.41, 5.74) is 0.541. The van der Waals surface area contributed by atoms with Crippen LogP contribution in [0.5, 0.6) is 0 Å². The average Bonchev–Trinajstić information content (AvgIpc) is 2.74. The molecule has 0 spiro atoms. The molecule has 1 fully saturated rings. The molecule has 1 heterocycles. The molecule has 0 amide bonds. The maximum atomic E-state index is 9.89. The Morgan fingerprint density at radius 2 is 1.95 bits per heavy atom. The Morgan fingerprint density at radius 3 is 2.37 bits per heavy atom. The second kappa shape index (κ2) is 5.87. The molecular weight excluding hydrogens is 320 g/mol. The summed E-state index contributed by atoms with van der Waals surface area (Å²) in [5.74, 6) is 0.808. The summed E-state index contributed by atoms with van der Waals surface area (Å²) in [4.78, 5) is 1.40. The lowest BCUT2D eigenvalue weighted by Gasteiger charge is -2.43. The van der Waals surface area contributed by atoms with E-state index in [9.17, 15) is 5.11 Å². The molecule has 0 atom stereocenters.